The van der Waals surface area contributed by atoms with Gasteiger partial charge in [-0.1, -0.05) is 72.8 Å². The van der Waals surface area contributed by atoms with Gasteiger partial charge < -0.3 is 19.3 Å². The molecule has 0 spiro atoms. The van der Waals surface area contributed by atoms with Gasteiger partial charge >= 0.3 is 0 Å². The third kappa shape index (κ3) is 10.4. The molecule has 0 aliphatic carbocycles. The summed E-state index contributed by atoms with van der Waals surface area (Å²) < 4.78 is 73.9. The number of hydrogen-bond acceptors (Lipinski definition) is 4. The lowest BCUT2D eigenvalue weighted by Gasteiger charge is -2.26. The molecule has 0 bridgehead atoms. The highest BCUT2D eigenvalue weighted by Gasteiger charge is 2.23. The van der Waals surface area contributed by atoms with E-state index >= 15 is 17.6 Å². The molecule has 0 aromatic heterocycles. The summed E-state index contributed by atoms with van der Waals surface area (Å²) >= 11 is 0. The number of hydrogen-bond donors (Lipinski definition) is 0. The maximum atomic E-state index is 15.5. The van der Waals surface area contributed by atoms with Crippen LogP contribution in [0, 0.1) is 23.3 Å². The normalized spacial score (nSPS) is 11.9. The molecular formula is C54H48F4N2O2. The number of halogens is 4. The molecule has 0 unspecified atom stereocenters. The van der Waals surface area contributed by atoms with Crippen molar-refractivity contribution in [2.24, 2.45) is 0 Å². The lowest BCUT2D eigenvalue weighted by atomic mass is 10.0. The summed E-state index contributed by atoms with van der Waals surface area (Å²) in [6.45, 7) is 11.9. The van der Waals surface area contributed by atoms with Crippen LogP contribution in [0.5, 0.6) is 11.5 Å². The van der Waals surface area contributed by atoms with Crippen LogP contribution in [0.3, 0.4) is 0 Å². The van der Waals surface area contributed by atoms with Gasteiger partial charge in [0.25, 0.3) is 0 Å². The highest BCUT2D eigenvalue weighted by molar-refractivity contribution is 5.80. The molecule has 0 heterocycles. The Morgan fingerprint density at radius 3 is 0.871 bits per heavy atom. The minimum absolute atomic E-state index is 0.342. The summed E-state index contributed by atoms with van der Waals surface area (Å²) in [6.07, 6.45) is 4.92. The molecule has 0 aliphatic heterocycles. The van der Waals surface area contributed by atoms with E-state index in [2.05, 4.69) is 9.80 Å². The zero-order valence-electron chi connectivity index (χ0n) is 35.5. The van der Waals surface area contributed by atoms with Crippen molar-refractivity contribution in [3.8, 4) is 11.5 Å². The number of ether oxygens (including phenoxy) is 2. The summed E-state index contributed by atoms with van der Waals surface area (Å²) in [6, 6.07) is 49.7. The highest BCUT2D eigenvalue weighted by Crippen LogP contribution is 2.38. The van der Waals surface area contributed by atoms with Crippen molar-refractivity contribution in [1.82, 2.24) is 0 Å². The van der Waals surface area contributed by atoms with Gasteiger partial charge in [-0.3, -0.25) is 0 Å². The lowest BCUT2D eigenvalue weighted by Crippen LogP contribution is -2.22. The maximum absolute atomic E-state index is 15.5. The first-order chi connectivity index (χ1) is 29.6. The number of benzene rings is 7. The zero-order valence-corrected chi connectivity index (χ0v) is 35.5. The van der Waals surface area contributed by atoms with Crippen LogP contribution in [0.4, 0.5) is 51.7 Å². The first kappa shape index (κ1) is 43.0. The molecule has 62 heavy (non-hydrogen) atoms. The smallest absolute Gasteiger partial charge is 0.169 e. The molecule has 8 heteroatoms. The first-order valence-corrected chi connectivity index (χ1v) is 20.3. The predicted molar refractivity (Wildman–Crippen MR) is 247 cm³/mol. The van der Waals surface area contributed by atoms with Crippen molar-refractivity contribution >= 4 is 58.4 Å². The number of rotatable bonds is 12. The van der Waals surface area contributed by atoms with Crippen molar-refractivity contribution in [3.63, 3.8) is 0 Å². The van der Waals surface area contributed by atoms with Crippen LogP contribution in [-0.2, 0) is 0 Å². The molecule has 7 aromatic rings. The number of para-hydroxylation sites is 2. The van der Waals surface area contributed by atoms with Crippen LogP contribution < -0.4 is 19.3 Å². The largest absolute Gasteiger partial charge is 0.488 e. The van der Waals surface area contributed by atoms with Gasteiger partial charge in [0.05, 0.1) is 11.1 Å². The summed E-state index contributed by atoms with van der Waals surface area (Å²) in [5, 5.41) is 0. The van der Waals surface area contributed by atoms with Gasteiger partial charge in [-0.15, -0.1) is 0 Å². The molecule has 0 radical (unpaired) electrons. The Labute approximate surface area is 361 Å². The van der Waals surface area contributed by atoms with E-state index < -0.39 is 34.4 Å². The monoisotopic (exact) mass is 832 g/mol. The Morgan fingerprint density at radius 2 is 0.597 bits per heavy atom. The molecule has 0 atom stereocenters. The van der Waals surface area contributed by atoms with Crippen LogP contribution >= 0.6 is 0 Å². The van der Waals surface area contributed by atoms with Gasteiger partial charge in [0.2, 0.25) is 0 Å². The van der Waals surface area contributed by atoms with Gasteiger partial charge in [-0.25, -0.2) is 17.6 Å². The van der Waals surface area contributed by atoms with Gasteiger partial charge in [0.15, 0.2) is 23.3 Å². The first-order valence-electron chi connectivity index (χ1n) is 20.3. The molecule has 0 amide bonds. The van der Waals surface area contributed by atoms with Crippen LogP contribution in [0.15, 0.2) is 158 Å². The van der Waals surface area contributed by atoms with Gasteiger partial charge in [-0.05, 0) is 162 Å². The second kappa shape index (κ2) is 18.3. The van der Waals surface area contributed by atoms with Gasteiger partial charge in [0.1, 0.15) is 22.7 Å². The second-order valence-corrected chi connectivity index (χ2v) is 16.7. The molecule has 0 N–H and O–H groups in total. The summed E-state index contributed by atoms with van der Waals surface area (Å²) in [7, 11) is 0. The molecule has 0 saturated heterocycles. The van der Waals surface area contributed by atoms with Gasteiger partial charge in [0, 0.05) is 34.1 Å². The van der Waals surface area contributed by atoms with Crippen LogP contribution in [-0.4, -0.2) is 11.2 Å². The minimum atomic E-state index is -1.49. The van der Waals surface area contributed by atoms with Crippen molar-refractivity contribution < 1.29 is 27.0 Å². The molecule has 0 fully saturated rings. The molecule has 314 valence electrons. The maximum Gasteiger partial charge on any atom is 0.169 e. The molecular weight excluding hydrogens is 785 g/mol. The second-order valence-electron chi connectivity index (χ2n) is 16.7. The Kier molecular flexibility index (Phi) is 12.7. The topological polar surface area (TPSA) is 24.9 Å². The van der Waals surface area contributed by atoms with E-state index in [1.807, 2.05) is 175 Å². The molecule has 0 aliphatic rings. The third-order valence-corrected chi connectivity index (χ3v) is 9.59. The number of nitrogens with zero attached hydrogens (tertiary/aromatic N) is 2. The van der Waals surface area contributed by atoms with E-state index in [1.165, 1.54) is 12.2 Å². The summed E-state index contributed by atoms with van der Waals surface area (Å²) in [4.78, 5) is 4.12. The molecule has 7 aromatic carbocycles. The number of anilines is 6. The average molecular weight is 833 g/mol. The van der Waals surface area contributed by atoms with E-state index in [-0.39, 0.29) is 11.2 Å². The average Bonchev–Trinajstić information content (AvgIpc) is 3.25. The van der Waals surface area contributed by atoms with E-state index in [0.717, 1.165) is 57.8 Å². The van der Waals surface area contributed by atoms with Crippen LogP contribution in [0.1, 0.15) is 63.8 Å². The van der Waals surface area contributed by atoms with E-state index in [0.29, 0.717) is 11.1 Å². The Morgan fingerprint density at radius 1 is 0.339 bits per heavy atom. The lowest BCUT2D eigenvalue weighted by molar-refractivity contribution is 0.130. The predicted octanol–water partition coefficient (Wildman–Crippen LogP) is 15.9. The fraction of sp³-hybridized carbons (Fsp3) is 0.148. The summed E-state index contributed by atoms with van der Waals surface area (Å²) in [5.41, 5.74) is 4.09. The fourth-order valence-corrected chi connectivity index (χ4v) is 6.87. The van der Waals surface area contributed by atoms with Crippen molar-refractivity contribution in [2.45, 2.75) is 52.7 Å². The van der Waals surface area contributed by atoms with Crippen molar-refractivity contribution in [1.29, 1.82) is 0 Å². The molecule has 7 rings (SSSR count). The van der Waals surface area contributed by atoms with E-state index in [1.54, 1.807) is 24.3 Å². The SMILES string of the molecule is CC(C)(C)Oc1ccc(N(c2ccccc2)c2ccc(/C=C/c3c(F)c(F)c(/C=C/c4ccc(N(c5ccccc5)c5ccc(OC(C)(C)C)cc5)cc4)c(F)c3F)cc2)cc1. The minimum Gasteiger partial charge on any atom is -0.488 e. The van der Waals surface area contributed by atoms with E-state index in [4.69, 9.17) is 9.47 Å². The fourth-order valence-electron chi connectivity index (χ4n) is 6.87. The van der Waals surface area contributed by atoms with Crippen molar-refractivity contribution in [2.75, 3.05) is 9.80 Å². The van der Waals surface area contributed by atoms with Crippen molar-refractivity contribution in [3.05, 3.63) is 203 Å². The van der Waals surface area contributed by atoms with Crippen LogP contribution in [0.2, 0.25) is 0 Å². The zero-order chi connectivity index (χ0) is 44.0. The quantitative estimate of drug-likeness (QED) is 0.0696. The Bertz CT molecular complexity index is 2430. The molecule has 4 nitrogen and oxygen atoms in total. The highest BCUT2D eigenvalue weighted by atomic mass is 19.2. The standard InChI is InChI=1S/C54H48F4N2O2/c1-53(2,3)61-45-31-27-43(28-32-45)59(39-13-9-7-10-14-39)41-23-17-37(18-24-41)21-35-47-49(55)51(57)48(52(58)50(47)56)36-22-38-19-25-42(26-20-38)60(40-15-11-8-12-16-40)44-29-33-46(34-30-44)62-54(4,5)6/h7-36H,1-6H3/b35-21+,36-22+. The third-order valence-electron chi connectivity index (χ3n) is 9.59. The molecule has 0 saturated carbocycles. The Hall–Kier alpha value is -7.06. The Balaban J connectivity index is 1.09. The van der Waals surface area contributed by atoms with Crippen LogP contribution in [0.25, 0.3) is 24.3 Å². The summed E-state index contributed by atoms with van der Waals surface area (Å²) in [5.74, 6) is -4.46. The van der Waals surface area contributed by atoms with Gasteiger partial charge in [-0.2, -0.15) is 0 Å². The van der Waals surface area contributed by atoms with E-state index in [9.17, 15) is 0 Å².